The number of nitrogens with zero attached hydrogens (tertiary/aromatic N) is 3. The van der Waals surface area contributed by atoms with Gasteiger partial charge < -0.3 is 4.74 Å². The van der Waals surface area contributed by atoms with Crippen molar-refractivity contribution in [3.05, 3.63) is 78.9 Å². The van der Waals surface area contributed by atoms with Crippen molar-refractivity contribution in [1.82, 2.24) is 9.97 Å². The molecule has 0 saturated heterocycles. The molecule has 0 N–H and O–H groups in total. The molecule has 3 aromatic rings. The maximum Gasteiger partial charge on any atom is 0.404 e. The number of sulfonamides is 1. The van der Waals surface area contributed by atoms with E-state index in [9.17, 15) is 21.6 Å². The zero-order chi connectivity index (χ0) is 20.9. The fourth-order valence-corrected chi connectivity index (χ4v) is 3.88. The molecule has 1 aromatic heterocycles. The van der Waals surface area contributed by atoms with Crippen LogP contribution in [0.3, 0.4) is 0 Å². The molecule has 6 nitrogen and oxygen atoms in total. The molecular formula is C19H16F3N3O3S. The van der Waals surface area contributed by atoms with Crippen molar-refractivity contribution in [3.63, 3.8) is 0 Å². The summed E-state index contributed by atoms with van der Waals surface area (Å²) in [5, 5.41) is 0. The Hall–Kier alpha value is -3.14. The topological polar surface area (TPSA) is 72.4 Å². The molecule has 0 saturated carbocycles. The van der Waals surface area contributed by atoms with Crippen molar-refractivity contribution in [2.24, 2.45) is 0 Å². The molecule has 29 heavy (non-hydrogen) atoms. The van der Waals surface area contributed by atoms with E-state index in [2.05, 4.69) is 9.97 Å². The minimum atomic E-state index is -4.87. The van der Waals surface area contributed by atoms with Crippen LogP contribution in [0.4, 0.5) is 18.9 Å². The van der Waals surface area contributed by atoms with Crippen molar-refractivity contribution >= 4 is 15.7 Å². The Labute approximate surface area is 165 Å². The number of aromatic nitrogens is 2. The Morgan fingerprint density at radius 3 is 2.07 bits per heavy atom. The summed E-state index contributed by atoms with van der Waals surface area (Å²) in [6.45, 7) is -0.335. The standard InChI is InChI=1S/C19H16F3N3O3S/c20-19(21,22)13-29(26,27)25(12-15-10-23-14-24-11-15)16-6-8-18(9-7-16)28-17-4-2-1-3-5-17/h1-11,14H,12-13H2. The quantitative estimate of drug-likeness (QED) is 0.570. The molecule has 0 fully saturated rings. The van der Waals surface area contributed by atoms with E-state index in [0.717, 1.165) is 0 Å². The van der Waals surface area contributed by atoms with Gasteiger partial charge in [0.05, 0.1) is 12.2 Å². The molecule has 152 valence electrons. The lowest BCUT2D eigenvalue weighted by atomic mass is 10.2. The van der Waals surface area contributed by atoms with E-state index in [1.165, 1.54) is 43.0 Å². The number of benzene rings is 2. The lowest BCUT2D eigenvalue weighted by Crippen LogP contribution is -2.37. The zero-order valence-corrected chi connectivity index (χ0v) is 15.8. The number of rotatable bonds is 7. The molecule has 0 aliphatic carbocycles. The van der Waals surface area contributed by atoms with Gasteiger partial charge >= 0.3 is 6.18 Å². The number of hydrogen-bond acceptors (Lipinski definition) is 5. The molecule has 0 amide bonds. The summed E-state index contributed by atoms with van der Waals surface area (Å²) in [5.74, 6) is -0.991. The van der Waals surface area contributed by atoms with Crippen LogP contribution in [0.15, 0.2) is 73.3 Å². The van der Waals surface area contributed by atoms with E-state index >= 15 is 0 Å². The second-order valence-electron chi connectivity index (χ2n) is 6.03. The summed E-state index contributed by atoms with van der Waals surface area (Å²) in [5.41, 5.74) is 0.418. The Bertz CT molecular complexity index is 1030. The Morgan fingerprint density at radius 2 is 1.48 bits per heavy atom. The first-order valence-electron chi connectivity index (χ1n) is 8.37. The highest BCUT2D eigenvalue weighted by molar-refractivity contribution is 7.92. The number of anilines is 1. The normalized spacial score (nSPS) is 11.8. The van der Waals surface area contributed by atoms with Gasteiger partial charge in [0.25, 0.3) is 0 Å². The van der Waals surface area contributed by atoms with Crippen LogP contribution in [-0.2, 0) is 16.6 Å². The summed E-state index contributed by atoms with van der Waals surface area (Å²) < 4.78 is 69.7. The molecule has 3 rings (SSSR count). The average Bonchev–Trinajstić information content (AvgIpc) is 2.67. The van der Waals surface area contributed by atoms with Crippen LogP contribution in [0, 0.1) is 0 Å². The molecule has 0 spiro atoms. The third kappa shape index (κ3) is 5.92. The molecule has 2 aromatic carbocycles. The van der Waals surface area contributed by atoms with Gasteiger partial charge in [0, 0.05) is 18.0 Å². The van der Waals surface area contributed by atoms with Gasteiger partial charge in [0.1, 0.15) is 17.8 Å². The first kappa shape index (κ1) is 20.6. The molecule has 0 atom stereocenters. The number of para-hydroxylation sites is 1. The van der Waals surface area contributed by atoms with E-state index in [-0.39, 0.29) is 12.2 Å². The first-order valence-corrected chi connectivity index (χ1v) is 9.98. The van der Waals surface area contributed by atoms with E-state index in [0.29, 0.717) is 21.4 Å². The van der Waals surface area contributed by atoms with Gasteiger partial charge in [-0.15, -0.1) is 0 Å². The fraction of sp³-hybridized carbons (Fsp3) is 0.158. The Kier molecular flexibility index (Phi) is 6.02. The lowest BCUT2D eigenvalue weighted by molar-refractivity contribution is -0.106. The minimum absolute atomic E-state index is 0.0681. The van der Waals surface area contributed by atoms with Gasteiger partial charge in [-0.3, -0.25) is 4.31 Å². The smallest absolute Gasteiger partial charge is 0.404 e. The summed E-state index contributed by atoms with van der Waals surface area (Å²) in [4.78, 5) is 7.55. The van der Waals surface area contributed by atoms with Gasteiger partial charge in [-0.2, -0.15) is 13.2 Å². The van der Waals surface area contributed by atoms with Crippen molar-refractivity contribution in [3.8, 4) is 11.5 Å². The van der Waals surface area contributed by atoms with Gasteiger partial charge in [0.15, 0.2) is 5.75 Å². The monoisotopic (exact) mass is 423 g/mol. The highest BCUT2D eigenvalue weighted by atomic mass is 32.2. The largest absolute Gasteiger partial charge is 0.457 e. The van der Waals surface area contributed by atoms with E-state index < -0.39 is 22.0 Å². The van der Waals surface area contributed by atoms with Crippen molar-refractivity contribution in [2.75, 3.05) is 10.1 Å². The SMILES string of the molecule is O=S(=O)(CC(F)(F)F)N(Cc1cncnc1)c1ccc(Oc2ccccc2)cc1. The molecule has 1 heterocycles. The number of alkyl halides is 3. The van der Waals surface area contributed by atoms with E-state index in [4.69, 9.17) is 4.74 Å². The molecule has 0 radical (unpaired) electrons. The number of hydrogen-bond donors (Lipinski definition) is 0. The number of halogens is 3. The average molecular weight is 423 g/mol. The van der Waals surface area contributed by atoms with Crippen LogP contribution < -0.4 is 9.04 Å². The van der Waals surface area contributed by atoms with Crippen LogP contribution in [0.1, 0.15) is 5.56 Å². The third-order valence-electron chi connectivity index (χ3n) is 3.73. The maximum atomic E-state index is 12.8. The summed E-state index contributed by atoms with van der Waals surface area (Å²) in [6, 6.07) is 14.6. The van der Waals surface area contributed by atoms with Crippen LogP contribution in [0.5, 0.6) is 11.5 Å². The molecule has 0 aliphatic rings. The highest BCUT2D eigenvalue weighted by Crippen LogP contribution is 2.29. The van der Waals surface area contributed by atoms with Crippen molar-refractivity contribution in [1.29, 1.82) is 0 Å². The predicted octanol–water partition coefficient (Wildman–Crippen LogP) is 4.17. The predicted molar refractivity (Wildman–Crippen MR) is 101 cm³/mol. The molecule has 10 heteroatoms. The molecular weight excluding hydrogens is 407 g/mol. The van der Waals surface area contributed by atoms with Gasteiger partial charge in [-0.25, -0.2) is 18.4 Å². The van der Waals surface area contributed by atoms with Gasteiger partial charge in [-0.05, 0) is 36.4 Å². The number of ether oxygens (including phenoxy) is 1. The zero-order valence-electron chi connectivity index (χ0n) is 15.0. The second-order valence-corrected chi connectivity index (χ2v) is 7.93. The summed E-state index contributed by atoms with van der Waals surface area (Å²) in [7, 11) is -4.69. The van der Waals surface area contributed by atoms with Crippen LogP contribution >= 0.6 is 0 Å². The Morgan fingerprint density at radius 1 is 0.897 bits per heavy atom. The van der Waals surface area contributed by atoms with Crippen molar-refractivity contribution in [2.45, 2.75) is 12.7 Å². The molecule has 0 bridgehead atoms. The highest BCUT2D eigenvalue weighted by Gasteiger charge is 2.38. The van der Waals surface area contributed by atoms with Crippen LogP contribution in [0.25, 0.3) is 0 Å². The first-order chi connectivity index (χ1) is 13.7. The molecule has 0 aliphatic heterocycles. The van der Waals surface area contributed by atoms with Gasteiger partial charge in [-0.1, -0.05) is 18.2 Å². The van der Waals surface area contributed by atoms with E-state index in [1.54, 1.807) is 24.3 Å². The van der Waals surface area contributed by atoms with Crippen LogP contribution in [-0.4, -0.2) is 30.3 Å². The minimum Gasteiger partial charge on any atom is -0.457 e. The second kappa shape index (κ2) is 8.48. The fourth-order valence-electron chi connectivity index (χ4n) is 2.52. The Balaban J connectivity index is 1.89. The van der Waals surface area contributed by atoms with E-state index in [1.807, 2.05) is 6.07 Å². The summed E-state index contributed by atoms with van der Waals surface area (Å²) in [6.07, 6.45) is -0.944. The molecule has 0 unspecified atom stereocenters. The van der Waals surface area contributed by atoms with Crippen LogP contribution in [0.2, 0.25) is 0 Å². The summed E-state index contributed by atoms with van der Waals surface area (Å²) >= 11 is 0. The maximum absolute atomic E-state index is 12.8. The lowest BCUT2D eigenvalue weighted by Gasteiger charge is -2.25. The van der Waals surface area contributed by atoms with Gasteiger partial charge in [0.2, 0.25) is 10.0 Å². The third-order valence-corrected chi connectivity index (χ3v) is 5.43. The van der Waals surface area contributed by atoms with Crippen molar-refractivity contribution < 1.29 is 26.3 Å².